The molecule has 1 amide bonds. The first kappa shape index (κ1) is 22.4. The summed E-state index contributed by atoms with van der Waals surface area (Å²) in [6.07, 6.45) is 2.20. The van der Waals surface area contributed by atoms with Crippen LogP contribution in [0.2, 0.25) is 0 Å². The number of nitrogens with zero attached hydrogens (tertiary/aromatic N) is 2. The van der Waals surface area contributed by atoms with Crippen LogP contribution in [0.5, 0.6) is 0 Å². The Balaban J connectivity index is 2.18. The van der Waals surface area contributed by atoms with Crippen molar-refractivity contribution in [2.75, 3.05) is 20.2 Å². The number of nitrogens with one attached hydrogen (secondary N) is 1. The smallest absolute Gasteiger partial charge is 0.331 e. The van der Waals surface area contributed by atoms with Crippen LogP contribution in [0.15, 0.2) is 9.42 Å². The standard InChI is InChI=1S/C18H29N3O6S/c1-6-9-18(4,17(23)26-5)19-16(22)14-8-7-10-21(11-14)28(24,25)15-12(2)20-27-13(15)3/h14H,6-11H2,1-5H3,(H,19,22). The molecular weight excluding hydrogens is 386 g/mol. The molecule has 1 aliphatic heterocycles. The molecule has 2 unspecified atom stereocenters. The molecule has 0 saturated carbocycles. The molecule has 1 aliphatic rings. The Kier molecular flexibility index (Phi) is 6.87. The third-order valence-corrected chi connectivity index (χ3v) is 7.22. The third-order valence-electron chi connectivity index (χ3n) is 5.11. The largest absolute Gasteiger partial charge is 0.467 e. The number of aryl methyl sites for hydroxylation is 2. The van der Waals surface area contributed by atoms with Crippen LogP contribution < -0.4 is 5.32 Å². The number of hydrogen-bond acceptors (Lipinski definition) is 7. The minimum atomic E-state index is -3.82. The number of piperidine rings is 1. The predicted octanol–water partition coefficient (Wildman–Crippen LogP) is 1.54. The summed E-state index contributed by atoms with van der Waals surface area (Å²) in [4.78, 5) is 25.0. The van der Waals surface area contributed by atoms with Crippen molar-refractivity contribution in [2.45, 2.75) is 63.8 Å². The van der Waals surface area contributed by atoms with E-state index >= 15 is 0 Å². The molecule has 10 heteroatoms. The SMILES string of the molecule is CCCC(C)(NC(=O)C1CCCN(S(=O)(=O)c2c(C)noc2C)C1)C(=O)OC. The Hall–Kier alpha value is -1.94. The highest BCUT2D eigenvalue weighted by Gasteiger charge is 2.40. The number of ether oxygens (including phenoxy) is 1. The molecule has 1 N–H and O–H groups in total. The van der Waals surface area contributed by atoms with E-state index in [0.717, 1.165) is 0 Å². The quantitative estimate of drug-likeness (QED) is 0.671. The minimum absolute atomic E-state index is 0.0433. The number of carbonyl (C=O) groups excluding carboxylic acids is 2. The fraction of sp³-hybridized carbons (Fsp3) is 0.722. The Bertz CT molecular complexity index is 815. The number of carbonyl (C=O) groups is 2. The molecule has 158 valence electrons. The molecule has 0 spiro atoms. The maximum atomic E-state index is 13.0. The van der Waals surface area contributed by atoms with E-state index < -0.39 is 27.4 Å². The zero-order valence-electron chi connectivity index (χ0n) is 17.1. The summed E-state index contributed by atoms with van der Waals surface area (Å²) in [5.41, 5.74) is -0.839. The summed E-state index contributed by atoms with van der Waals surface area (Å²) in [5, 5.41) is 6.50. The van der Waals surface area contributed by atoms with Gasteiger partial charge < -0.3 is 14.6 Å². The molecule has 0 aliphatic carbocycles. The second kappa shape index (κ2) is 8.60. The maximum Gasteiger partial charge on any atom is 0.331 e. The summed E-state index contributed by atoms with van der Waals surface area (Å²) in [6.45, 7) is 7.02. The molecule has 2 atom stereocenters. The van der Waals surface area contributed by atoms with Gasteiger partial charge >= 0.3 is 5.97 Å². The van der Waals surface area contributed by atoms with Gasteiger partial charge in [0.25, 0.3) is 0 Å². The number of sulfonamides is 1. The lowest BCUT2D eigenvalue weighted by atomic mass is 9.93. The molecule has 1 fully saturated rings. The van der Waals surface area contributed by atoms with Crippen molar-refractivity contribution in [1.29, 1.82) is 0 Å². The van der Waals surface area contributed by atoms with Crippen molar-refractivity contribution in [2.24, 2.45) is 5.92 Å². The van der Waals surface area contributed by atoms with Crippen molar-refractivity contribution in [3.63, 3.8) is 0 Å². The lowest BCUT2D eigenvalue weighted by molar-refractivity contribution is -0.151. The molecule has 2 heterocycles. The van der Waals surface area contributed by atoms with Gasteiger partial charge in [-0.1, -0.05) is 18.5 Å². The second-order valence-corrected chi connectivity index (χ2v) is 9.29. The van der Waals surface area contributed by atoms with Gasteiger partial charge in [-0.2, -0.15) is 4.31 Å². The zero-order chi connectivity index (χ0) is 21.1. The molecule has 9 nitrogen and oxygen atoms in total. The van der Waals surface area contributed by atoms with Crippen molar-refractivity contribution in [3.8, 4) is 0 Å². The van der Waals surface area contributed by atoms with Gasteiger partial charge in [0.15, 0.2) is 5.76 Å². The second-order valence-electron chi connectivity index (χ2n) is 7.42. The number of hydrogen-bond donors (Lipinski definition) is 1. The van der Waals surface area contributed by atoms with Crippen molar-refractivity contribution < 1.29 is 27.3 Å². The number of rotatable bonds is 7. The summed E-state index contributed by atoms with van der Waals surface area (Å²) in [6, 6.07) is 0. The van der Waals surface area contributed by atoms with Gasteiger partial charge in [0, 0.05) is 13.1 Å². The van der Waals surface area contributed by atoms with Gasteiger partial charge in [0.2, 0.25) is 15.9 Å². The molecule has 0 radical (unpaired) electrons. The first-order valence-electron chi connectivity index (χ1n) is 9.40. The van der Waals surface area contributed by atoms with E-state index in [9.17, 15) is 18.0 Å². The van der Waals surface area contributed by atoms with Crippen LogP contribution in [0.4, 0.5) is 0 Å². The van der Waals surface area contributed by atoms with Gasteiger partial charge in [0.1, 0.15) is 16.1 Å². The average Bonchev–Trinajstić information content (AvgIpc) is 3.00. The summed E-state index contributed by atoms with van der Waals surface area (Å²) >= 11 is 0. The Labute approximate surface area is 165 Å². The summed E-state index contributed by atoms with van der Waals surface area (Å²) < 4.78 is 37.2. The topological polar surface area (TPSA) is 119 Å². The van der Waals surface area contributed by atoms with Crippen LogP contribution >= 0.6 is 0 Å². The third kappa shape index (κ3) is 4.38. The molecule has 0 aromatic carbocycles. The molecule has 1 saturated heterocycles. The highest BCUT2D eigenvalue weighted by molar-refractivity contribution is 7.89. The summed E-state index contributed by atoms with van der Waals surface area (Å²) in [5.74, 6) is -1.19. The Morgan fingerprint density at radius 3 is 2.61 bits per heavy atom. The van der Waals surface area contributed by atoms with Gasteiger partial charge in [0.05, 0.1) is 13.0 Å². The average molecular weight is 416 g/mol. The van der Waals surface area contributed by atoms with Crippen LogP contribution in [0, 0.1) is 19.8 Å². The van der Waals surface area contributed by atoms with E-state index in [-0.39, 0.29) is 23.1 Å². The number of methoxy groups -OCH3 is 1. The Morgan fingerprint density at radius 1 is 1.39 bits per heavy atom. The van der Waals surface area contributed by atoms with E-state index in [1.54, 1.807) is 20.8 Å². The normalized spacial score (nSPS) is 20.4. The van der Waals surface area contributed by atoms with Gasteiger partial charge in [-0.25, -0.2) is 13.2 Å². The lowest BCUT2D eigenvalue weighted by Gasteiger charge is -2.34. The molecule has 0 bridgehead atoms. The van der Waals surface area contributed by atoms with Gasteiger partial charge in [-0.15, -0.1) is 0 Å². The van der Waals surface area contributed by atoms with Crippen LogP contribution in [0.25, 0.3) is 0 Å². The van der Waals surface area contributed by atoms with Crippen molar-refractivity contribution in [1.82, 2.24) is 14.8 Å². The van der Waals surface area contributed by atoms with Crippen LogP contribution in [0.3, 0.4) is 0 Å². The maximum absolute atomic E-state index is 13.0. The molecule has 2 rings (SSSR count). The number of amides is 1. The van der Waals surface area contributed by atoms with E-state index in [1.165, 1.54) is 11.4 Å². The van der Waals surface area contributed by atoms with Crippen molar-refractivity contribution in [3.05, 3.63) is 11.5 Å². The molecular formula is C18H29N3O6S. The zero-order valence-corrected chi connectivity index (χ0v) is 17.9. The minimum Gasteiger partial charge on any atom is -0.467 e. The highest BCUT2D eigenvalue weighted by Crippen LogP contribution is 2.28. The van der Waals surface area contributed by atoms with Crippen LogP contribution in [-0.4, -0.2) is 55.5 Å². The molecule has 28 heavy (non-hydrogen) atoms. The Morgan fingerprint density at radius 2 is 2.07 bits per heavy atom. The highest BCUT2D eigenvalue weighted by atomic mass is 32.2. The monoisotopic (exact) mass is 415 g/mol. The lowest BCUT2D eigenvalue weighted by Crippen LogP contribution is -2.56. The first-order chi connectivity index (χ1) is 13.1. The van der Waals surface area contributed by atoms with E-state index in [4.69, 9.17) is 9.26 Å². The van der Waals surface area contributed by atoms with Gasteiger partial charge in [-0.3, -0.25) is 4.79 Å². The fourth-order valence-corrected chi connectivity index (χ4v) is 5.48. The number of esters is 1. The van der Waals surface area contributed by atoms with Crippen molar-refractivity contribution >= 4 is 21.9 Å². The van der Waals surface area contributed by atoms with Gasteiger partial charge in [-0.05, 0) is 40.0 Å². The summed E-state index contributed by atoms with van der Waals surface area (Å²) in [7, 11) is -2.54. The van der Waals surface area contributed by atoms with E-state index in [2.05, 4.69) is 10.5 Å². The molecule has 1 aromatic rings. The number of aromatic nitrogens is 1. The van der Waals surface area contributed by atoms with Crippen LogP contribution in [-0.2, 0) is 24.3 Å². The molecule has 1 aromatic heterocycles. The first-order valence-corrected chi connectivity index (χ1v) is 10.8. The fourth-order valence-electron chi connectivity index (χ4n) is 3.66. The van der Waals surface area contributed by atoms with E-state index in [0.29, 0.717) is 37.9 Å². The predicted molar refractivity (Wildman–Crippen MR) is 101 cm³/mol. The van der Waals surface area contributed by atoms with E-state index in [1.807, 2.05) is 6.92 Å². The van der Waals surface area contributed by atoms with Crippen LogP contribution in [0.1, 0.15) is 51.0 Å².